The maximum atomic E-state index is 13.0. The monoisotopic (exact) mass is 316 g/mol. The van der Waals surface area contributed by atoms with Gasteiger partial charge in [0.2, 0.25) is 0 Å². The Morgan fingerprint density at radius 3 is 2.74 bits per heavy atom. The molecule has 1 N–H and O–H groups in total. The molecule has 1 aromatic heterocycles. The van der Waals surface area contributed by atoms with Crippen molar-refractivity contribution in [3.05, 3.63) is 71.6 Å². The number of nitrogens with one attached hydrogen (secondary N) is 1. The van der Waals surface area contributed by atoms with E-state index in [2.05, 4.69) is 16.4 Å². The topological polar surface area (TPSA) is 24.9 Å². The molecule has 1 aromatic carbocycles. The number of rotatable bonds is 1. The van der Waals surface area contributed by atoms with E-state index >= 15 is 0 Å². The highest BCUT2D eigenvalue weighted by molar-refractivity contribution is 5.60. The molecule has 1 aliphatic carbocycles. The number of benzene rings is 1. The quantitative estimate of drug-likeness (QED) is 0.755. The van der Waals surface area contributed by atoms with Crippen LogP contribution in [0.1, 0.15) is 35.2 Å². The minimum absolute atomic E-state index is 0.000515. The van der Waals surface area contributed by atoms with Crippen molar-refractivity contribution < 1.29 is 13.2 Å². The third-order valence-corrected chi connectivity index (χ3v) is 4.70. The maximum Gasteiger partial charge on any atom is 0.416 e. The van der Waals surface area contributed by atoms with Gasteiger partial charge in [0.15, 0.2) is 0 Å². The standard InChI is InChI=1S/C18H15F3N2/c19-18(20,21)11-7-8-15-14(10-11)12-4-3-5-13(12)17(23-15)16-6-1-2-9-22-16/h1-4,6-10,12-13,17,23H,5H2/t12-,13+,17-/m0/s1. The Morgan fingerprint density at radius 2 is 2.00 bits per heavy atom. The summed E-state index contributed by atoms with van der Waals surface area (Å²) in [5.41, 5.74) is 1.83. The van der Waals surface area contributed by atoms with Gasteiger partial charge in [0.05, 0.1) is 17.3 Å². The minimum Gasteiger partial charge on any atom is -0.376 e. The molecule has 0 spiro atoms. The molecule has 0 radical (unpaired) electrons. The lowest BCUT2D eigenvalue weighted by molar-refractivity contribution is -0.137. The second kappa shape index (κ2) is 5.11. The van der Waals surface area contributed by atoms with Crippen LogP contribution in [0, 0.1) is 5.92 Å². The van der Waals surface area contributed by atoms with Crippen molar-refractivity contribution in [3.63, 3.8) is 0 Å². The molecule has 4 rings (SSSR count). The summed E-state index contributed by atoms with van der Waals surface area (Å²) in [6.45, 7) is 0. The van der Waals surface area contributed by atoms with Crippen molar-refractivity contribution in [2.45, 2.75) is 24.6 Å². The van der Waals surface area contributed by atoms with Crippen LogP contribution >= 0.6 is 0 Å². The Hall–Kier alpha value is -2.30. The molecule has 5 heteroatoms. The minimum atomic E-state index is -4.31. The molecule has 2 aromatic rings. The van der Waals surface area contributed by atoms with E-state index in [0.29, 0.717) is 0 Å². The van der Waals surface area contributed by atoms with Crippen LogP contribution in [-0.2, 0) is 6.18 Å². The number of alkyl halides is 3. The molecule has 0 saturated carbocycles. The predicted octanol–water partition coefficient (Wildman–Crippen LogP) is 4.93. The van der Waals surface area contributed by atoms with Gasteiger partial charge in [-0.15, -0.1) is 0 Å². The van der Waals surface area contributed by atoms with E-state index in [0.717, 1.165) is 29.4 Å². The highest BCUT2D eigenvalue weighted by Crippen LogP contribution is 2.50. The number of hydrogen-bond donors (Lipinski definition) is 1. The molecule has 118 valence electrons. The first-order valence-electron chi connectivity index (χ1n) is 7.59. The SMILES string of the molecule is FC(F)(F)c1ccc2c(c1)[C@H]1C=CC[C@H]1[C@@H](c1ccccn1)N2. The summed E-state index contributed by atoms with van der Waals surface area (Å²) in [7, 11) is 0. The Balaban J connectivity index is 1.78. The fourth-order valence-electron chi connectivity index (χ4n) is 3.62. The normalized spacial score (nSPS) is 25.6. The number of anilines is 1. The smallest absolute Gasteiger partial charge is 0.376 e. The molecule has 0 unspecified atom stereocenters. The average Bonchev–Trinajstić information content (AvgIpc) is 3.03. The van der Waals surface area contributed by atoms with Crippen LogP contribution in [0.3, 0.4) is 0 Å². The van der Waals surface area contributed by atoms with E-state index in [1.165, 1.54) is 12.1 Å². The van der Waals surface area contributed by atoms with Gasteiger partial charge < -0.3 is 5.32 Å². The van der Waals surface area contributed by atoms with Gasteiger partial charge >= 0.3 is 6.18 Å². The molecule has 2 nitrogen and oxygen atoms in total. The lowest BCUT2D eigenvalue weighted by atomic mass is 9.77. The first-order valence-corrected chi connectivity index (χ1v) is 7.59. The molecule has 0 bridgehead atoms. The van der Waals surface area contributed by atoms with Crippen LogP contribution < -0.4 is 5.32 Å². The zero-order valence-corrected chi connectivity index (χ0v) is 12.2. The van der Waals surface area contributed by atoms with Gasteiger partial charge in [-0.2, -0.15) is 13.2 Å². The maximum absolute atomic E-state index is 13.0. The van der Waals surface area contributed by atoms with Gasteiger partial charge in [-0.25, -0.2) is 0 Å². The summed E-state index contributed by atoms with van der Waals surface area (Å²) >= 11 is 0. The number of allylic oxidation sites excluding steroid dienone is 2. The molecule has 2 heterocycles. The lowest BCUT2D eigenvalue weighted by Crippen LogP contribution is -2.30. The second-order valence-electron chi connectivity index (χ2n) is 6.03. The van der Waals surface area contributed by atoms with Gasteiger partial charge in [-0.3, -0.25) is 4.98 Å². The molecule has 23 heavy (non-hydrogen) atoms. The number of halogens is 3. The Bertz CT molecular complexity index is 753. The first kappa shape index (κ1) is 14.3. The number of nitrogens with zero attached hydrogens (tertiary/aromatic N) is 1. The van der Waals surface area contributed by atoms with Gasteiger partial charge in [-0.1, -0.05) is 18.2 Å². The molecule has 2 aliphatic rings. The van der Waals surface area contributed by atoms with Gasteiger partial charge in [-0.05, 0) is 48.2 Å². The predicted molar refractivity (Wildman–Crippen MR) is 82.0 cm³/mol. The fourth-order valence-corrected chi connectivity index (χ4v) is 3.62. The largest absolute Gasteiger partial charge is 0.416 e. The van der Waals surface area contributed by atoms with Crippen LogP contribution in [-0.4, -0.2) is 4.98 Å². The molecule has 3 atom stereocenters. The first-order chi connectivity index (χ1) is 11.0. The summed E-state index contributed by atoms with van der Waals surface area (Å²) in [5, 5.41) is 3.39. The van der Waals surface area contributed by atoms with Crippen LogP contribution in [0.2, 0.25) is 0 Å². The van der Waals surface area contributed by atoms with Crippen LogP contribution in [0.15, 0.2) is 54.7 Å². The number of pyridine rings is 1. The Morgan fingerprint density at radius 1 is 1.13 bits per heavy atom. The number of aromatic nitrogens is 1. The van der Waals surface area contributed by atoms with Crippen molar-refractivity contribution in [2.75, 3.05) is 5.32 Å². The van der Waals surface area contributed by atoms with Gasteiger partial charge in [0, 0.05) is 17.8 Å². The Kier molecular flexibility index (Phi) is 3.18. The van der Waals surface area contributed by atoms with Gasteiger partial charge in [0.1, 0.15) is 0 Å². The third-order valence-electron chi connectivity index (χ3n) is 4.70. The molecule has 0 saturated heterocycles. The van der Waals surface area contributed by atoms with E-state index in [4.69, 9.17) is 0 Å². The number of hydrogen-bond acceptors (Lipinski definition) is 2. The zero-order chi connectivity index (χ0) is 16.0. The van der Waals surface area contributed by atoms with Crippen LogP contribution in [0.4, 0.5) is 18.9 Å². The van der Waals surface area contributed by atoms with Crippen LogP contribution in [0.25, 0.3) is 0 Å². The second-order valence-corrected chi connectivity index (χ2v) is 6.03. The molecular formula is C18H15F3N2. The van der Waals surface area contributed by atoms with E-state index in [1.54, 1.807) is 6.20 Å². The summed E-state index contributed by atoms with van der Waals surface area (Å²) in [4.78, 5) is 4.42. The highest BCUT2D eigenvalue weighted by atomic mass is 19.4. The van der Waals surface area contributed by atoms with E-state index in [9.17, 15) is 13.2 Å². The van der Waals surface area contributed by atoms with Crippen molar-refractivity contribution in [1.82, 2.24) is 4.98 Å². The summed E-state index contributed by atoms with van der Waals surface area (Å²) in [5.74, 6) is 0.196. The summed E-state index contributed by atoms with van der Waals surface area (Å²) < 4.78 is 39.0. The van der Waals surface area contributed by atoms with Crippen molar-refractivity contribution in [1.29, 1.82) is 0 Å². The van der Waals surface area contributed by atoms with Crippen LogP contribution in [0.5, 0.6) is 0 Å². The molecule has 0 fully saturated rings. The lowest BCUT2D eigenvalue weighted by Gasteiger charge is -2.37. The van der Waals surface area contributed by atoms with Crippen molar-refractivity contribution in [3.8, 4) is 0 Å². The average molecular weight is 316 g/mol. The van der Waals surface area contributed by atoms with Crippen molar-refractivity contribution >= 4 is 5.69 Å². The molecule has 1 aliphatic heterocycles. The van der Waals surface area contributed by atoms with E-state index in [1.807, 2.05) is 24.3 Å². The fraction of sp³-hybridized carbons (Fsp3) is 0.278. The van der Waals surface area contributed by atoms with E-state index < -0.39 is 11.7 Å². The third kappa shape index (κ3) is 2.40. The van der Waals surface area contributed by atoms with Gasteiger partial charge in [0.25, 0.3) is 0 Å². The zero-order valence-electron chi connectivity index (χ0n) is 12.2. The Labute approximate surface area is 132 Å². The van der Waals surface area contributed by atoms with E-state index in [-0.39, 0.29) is 17.9 Å². The van der Waals surface area contributed by atoms with Crippen molar-refractivity contribution in [2.24, 2.45) is 5.92 Å². The number of fused-ring (bicyclic) bond motifs is 3. The summed E-state index contributed by atoms with van der Waals surface area (Å²) in [6.07, 6.45) is 2.36. The summed E-state index contributed by atoms with van der Waals surface area (Å²) in [6, 6.07) is 9.73. The molecule has 0 amide bonds. The molecular weight excluding hydrogens is 301 g/mol. The highest BCUT2D eigenvalue weighted by Gasteiger charge is 2.40.